The van der Waals surface area contributed by atoms with Crippen molar-refractivity contribution in [1.82, 2.24) is 5.32 Å². The summed E-state index contributed by atoms with van der Waals surface area (Å²) in [6, 6.07) is 0. The molecular weight excluding hydrogens is 198 g/mol. The zero-order chi connectivity index (χ0) is 12.0. The van der Waals surface area contributed by atoms with Crippen molar-refractivity contribution in [1.29, 1.82) is 0 Å². The van der Waals surface area contributed by atoms with Gasteiger partial charge in [-0.3, -0.25) is 0 Å². The second kappa shape index (κ2) is 6.61. The zero-order valence-electron chi connectivity index (χ0n) is 11.5. The van der Waals surface area contributed by atoms with Gasteiger partial charge in [0.25, 0.3) is 0 Å². The molecule has 16 heavy (non-hydrogen) atoms. The first-order chi connectivity index (χ1) is 7.51. The van der Waals surface area contributed by atoms with Crippen LogP contribution in [0.5, 0.6) is 0 Å². The Balaban J connectivity index is 2.12. The lowest BCUT2D eigenvalue weighted by Gasteiger charge is -2.25. The molecule has 1 atom stereocenters. The minimum absolute atomic E-state index is 0.225. The van der Waals surface area contributed by atoms with Gasteiger partial charge in [-0.25, -0.2) is 0 Å². The predicted octanol–water partition coefficient (Wildman–Crippen LogP) is 3.22. The van der Waals surface area contributed by atoms with Crippen molar-refractivity contribution in [2.45, 2.75) is 58.9 Å². The third kappa shape index (κ3) is 7.24. The van der Waals surface area contributed by atoms with Gasteiger partial charge in [-0.15, -0.1) is 0 Å². The second-order valence-electron chi connectivity index (χ2n) is 6.27. The number of rotatable bonds is 8. The topological polar surface area (TPSA) is 21.3 Å². The molecule has 0 spiro atoms. The van der Waals surface area contributed by atoms with Gasteiger partial charge in [0.1, 0.15) is 0 Å². The molecule has 0 bridgehead atoms. The molecule has 2 nitrogen and oxygen atoms in total. The Labute approximate surface area is 101 Å². The molecule has 0 saturated heterocycles. The average molecular weight is 227 g/mol. The molecule has 1 unspecified atom stereocenters. The van der Waals surface area contributed by atoms with E-state index in [0.29, 0.717) is 5.92 Å². The van der Waals surface area contributed by atoms with Crippen LogP contribution in [0.25, 0.3) is 0 Å². The molecule has 0 aromatic heterocycles. The fraction of sp³-hybridized carbons (Fsp3) is 1.00. The Kier molecular flexibility index (Phi) is 5.77. The van der Waals surface area contributed by atoms with Gasteiger partial charge in [-0.2, -0.15) is 0 Å². The van der Waals surface area contributed by atoms with Crippen LogP contribution >= 0.6 is 0 Å². The molecular formula is C14H29NO. The number of hydrogen-bond donors (Lipinski definition) is 1. The normalized spacial score (nSPS) is 18.8. The van der Waals surface area contributed by atoms with E-state index >= 15 is 0 Å². The maximum absolute atomic E-state index is 5.80. The smallest absolute Gasteiger partial charge is 0.0506 e. The average Bonchev–Trinajstić information content (AvgIpc) is 2.97. The third-order valence-corrected chi connectivity index (χ3v) is 3.02. The number of hydrogen-bond acceptors (Lipinski definition) is 2. The highest BCUT2D eigenvalue weighted by molar-refractivity contribution is 4.74. The molecule has 0 aromatic rings. The van der Waals surface area contributed by atoms with E-state index in [1.54, 1.807) is 0 Å². The molecule has 1 aliphatic rings. The van der Waals surface area contributed by atoms with Crippen molar-refractivity contribution in [2.75, 3.05) is 19.8 Å². The van der Waals surface area contributed by atoms with E-state index in [9.17, 15) is 0 Å². The van der Waals surface area contributed by atoms with Crippen molar-refractivity contribution >= 4 is 0 Å². The van der Waals surface area contributed by atoms with Gasteiger partial charge in [-0.1, -0.05) is 13.3 Å². The van der Waals surface area contributed by atoms with Gasteiger partial charge < -0.3 is 10.1 Å². The summed E-state index contributed by atoms with van der Waals surface area (Å²) >= 11 is 0. The summed E-state index contributed by atoms with van der Waals surface area (Å²) in [7, 11) is 0. The van der Waals surface area contributed by atoms with Crippen LogP contribution in [0, 0.1) is 11.8 Å². The van der Waals surface area contributed by atoms with Gasteiger partial charge in [0.15, 0.2) is 0 Å². The summed E-state index contributed by atoms with van der Waals surface area (Å²) in [5, 5.41) is 3.58. The SMILES string of the molecule is CCCC(CNC(C)(C)C)COCC1CC1. The first-order valence-electron chi connectivity index (χ1n) is 6.84. The van der Waals surface area contributed by atoms with Gasteiger partial charge in [0.05, 0.1) is 6.61 Å². The monoisotopic (exact) mass is 227 g/mol. The molecule has 0 radical (unpaired) electrons. The minimum Gasteiger partial charge on any atom is -0.381 e. The molecule has 1 rings (SSSR count). The first kappa shape index (κ1) is 14.0. The molecule has 0 aliphatic heterocycles. The van der Waals surface area contributed by atoms with Gasteiger partial charge >= 0.3 is 0 Å². The lowest BCUT2D eigenvalue weighted by Crippen LogP contribution is -2.40. The molecule has 0 heterocycles. The summed E-state index contributed by atoms with van der Waals surface area (Å²) in [4.78, 5) is 0. The Morgan fingerprint density at radius 2 is 2.00 bits per heavy atom. The third-order valence-electron chi connectivity index (χ3n) is 3.02. The van der Waals surface area contributed by atoms with Gasteiger partial charge in [0.2, 0.25) is 0 Å². The largest absolute Gasteiger partial charge is 0.381 e. The van der Waals surface area contributed by atoms with E-state index in [0.717, 1.165) is 25.7 Å². The molecule has 0 aromatic carbocycles. The van der Waals surface area contributed by atoms with Crippen molar-refractivity contribution in [3.8, 4) is 0 Å². The standard InChI is InChI=1S/C14H29NO/c1-5-6-13(9-15-14(2,3)4)11-16-10-12-7-8-12/h12-13,15H,5-11H2,1-4H3. The molecule has 2 heteroatoms. The highest BCUT2D eigenvalue weighted by Crippen LogP contribution is 2.29. The highest BCUT2D eigenvalue weighted by Gasteiger charge is 2.22. The molecule has 96 valence electrons. The Hall–Kier alpha value is -0.0800. The highest BCUT2D eigenvalue weighted by atomic mass is 16.5. The van der Waals surface area contributed by atoms with Crippen molar-refractivity contribution in [3.63, 3.8) is 0 Å². The second-order valence-corrected chi connectivity index (χ2v) is 6.27. The zero-order valence-corrected chi connectivity index (χ0v) is 11.5. The van der Waals surface area contributed by atoms with Crippen LogP contribution in [-0.4, -0.2) is 25.3 Å². The van der Waals surface area contributed by atoms with Crippen molar-refractivity contribution in [3.05, 3.63) is 0 Å². The van der Waals surface area contributed by atoms with Crippen LogP contribution in [0.15, 0.2) is 0 Å². The fourth-order valence-electron chi connectivity index (χ4n) is 1.79. The van der Waals surface area contributed by atoms with Crippen molar-refractivity contribution < 1.29 is 4.74 Å². The maximum Gasteiger partial charge on any atom is 0.0506 e. The molecule has 0 amide bonds. The minimum atomic E-state index is 0.225. The van der Waals surface area contributed by atoms with Crippen LogP contribution < -0.4 is 5.32 Å². The lowest BCUT2D eigenvalue weighted by molar-refractivity contribution is 0.0854. The Bertz CT molecular complexity index is 182. The summed E-state index contributed by atoms with van der Waals surface area (Å²) < 4.78 is 5.80. The van der Waals surface area contributed by atoms with Crippen LogP contribution in [0.4, 0.5) is 0 Å². The summed E-state index contributed by atoms with van der Waals surface area (Å²) in [6.45, 7) is 11.9. The Morgan fingerprint density at radius 3 is 2.50 bits per heavy atom. The molecule has 1 N–H and O–H groups in total. The summed E-state index contributed by atoms with van der Waals surface area (Å²) in [6.07, 6.45) is 5.30. The van der Waals surface area contributed by atoms with Gasteiger partial charge in [0, 0.05) is 18.7 Å². The summed E-state index contributed by atoms with van der Waals surface area (Å²) in [5.41, 5.74) is 0.225. The molecule has 1 saturated carbocycles. The predicted molar refractivity (Wildman–Crippen MR) is 69.7 cm³/mol. The van der Waals surface area contributed by atoms with Gasteiger partial charge in [-0.05, 0) is 51.9 Å². The van der Waals surface area contributed by atoms with Crippen LogP contribution in [0.1, 0.15) is 53.4 Å². The quantitative estimate of drug-likeness (QED) is 0.687. The van der Waals surface area contributed by atoms with E-state index in [2.05, 4.69) is 33.0 Å². The maximum atomic E-state index is 5.80. The van der Waals surface area contributed by atoms with E-state index in [4.69, 9.17) is 4.74 Å². The van der Waals surface area contributed by atoms with E-state index in [-0.39, 0.29) is 5.54 Å². The molecule has 1 fully saturated rings. The van der Waals surface area contributed by atoms with Crippen molar-refractivity contribution in [2.24, 2.45) is 11.8 Å². The lowest BCUT2D eigenvalue weighted by atomic mass is 10.0. The fourth-order valence-corrected chi connectivity index (χ4v) is 1.79. The molecule has 1 aliphatic carbocycles. The first-order valence-corrected chi connectivity index (χ1v) is 6.84. The Morgan fingerprint density at radius 1 is 1.31 bits per heavy atom. The van der Waals surface area contributed by atoms with E-state index in [1.807, 2.05) is 0 Å². The summed E-state index contributed by atoms with van der Waals surface area (Å²) in [5.74, 6) is 1.57. The number of ether oxygens (including phenoxy) is 1. The van der Waals surface area contributed by atoms with Crippen LogP contribution in [-0.2, 0) is 4.74 Å². The van der Waals surface area contributed by atoms with E-state index < -0.39 is 0 Å². The number of nitrogens with one attached hydrogen (secondary N) is 1. The van der Waals surface area contributed by atoms with E-state index in [1.165, 1.54) is 25.7 Å². The van der Waals surface area contributed by atoms with Crippen LogP contribution in [0.2, 0.25) is 0 Å². The van der Waals surface area contributed by atoms with Crippen LogP contribution in [0.3, 0.4) is 0 Å².